The minimum absolute atomic E-state index is 0.0990. The first kappa shape index (κ1) is 14.2. The molecule has 0 N–H and O–H groups in total. The molecular weight excluding hydrogens is 216 g/mol. The number of carbonyl (C=O) groups excluding carboxylic acids is 2. The zero-order valence-electron chi connectivity index (χ0n) is 9.38. The maximum Gasteiger partial charge on any atom is 0.318 e. The number of ketones is 1. The fourth-order valence-corrected chi connectivity index (χ4v) is 1.35. The Hall–Kier alpha value is -0.830. The van der Waals surface area contributed by atoms with Crippen molar-refractivity contribution in [3.05, 3.63) is 12.3 Å². The predicted molar refractivity (Wildman–Crippen MR) is 59.6 cm³/mol. The quantitative estimate of drug-likeness (QED) is 0.306. The fourth-order valence-electron chi connectivity index (χ4n) is 0.866. The molecule has 0 aliphatic rings. The number of hydrogen-bond acceptors (Lipinski definition) is 3. The lowest BCUT2D eigenvalue weighted by molar-refractivity contribution is -0.140. The SMILES string of the molecule is CC(=O)CC(=O)OC=CC(C)(C)CCCl. The van der Waals surface area contributed by atoms with Crippen LogP contribution in [0.5, 0.6) is 0 Å². The molecule has 0 atom stereocenters. The maximum absolute atomic E-state index is 11.0. The number of halogens is 1. The lowest BCUT2D eigenvalue weighted by atomic mass is 9.91. The summed E-state index contributed by atoms with van der Waals surface area (Å²) < 4.78 is 4.75. The smallest absolute Gasteiger partial charge is 0.318 e. The van der Waals surface area contributed by atoms with Crippen molar-refractivity contribution in [2.24, 2.45) is 5.41 Å². The molecule has 0 rings (SSSR count). The van der Waals surface area contributed by atoms with E-state index in [0.29, 0.717) is 5.88 Å². The molecule has 0 aromatic carbocycles. The molecule has 0 radical (unpaired) electrons. The Labute approximate surface area is 95.4 Å². The van der Waals surface area contributed by atoms with E-state index in [1.807, 2.05) is 13.8 Å². The van der Waals surface area contributed by atoms with Crippen molar-refractivity contribution < 1.29 is 14.3 Å². The van der Waals surface area contributed by atoms with Crippen LogP contribution in [0.2, 0.25) is 0 Å². The summed E-state index contributed by atoms with van der Waals surface area (Å²) >= 11 is 5.61. The molecule has 4 heteroatoms. The highest BCUT2D eigenvalue weighted by Gasteiger charge is 2.13. The first-order valence-electron chi connectivity index (χ1n) is 4.80. The third kappa shape index (κ3) is 8.18. The van der Waals surface area contributed by atoms with E-state index in [0.717, 1.165) is 6.42 Å². The third-order valence-electron chi connectivity index (χ3n) is 1.85. The molecule has 0 aromatic heterocycles. The van der Waals surface area contributed by atoms with Gasteiger partial charge in [-0.1, -0.05) is 13.8 Å². The first-order valence-corrected chi connectivity index (χ1v) is 5.33. The summed E-state index contributed by atoms with van der Waals surface area (Å²) in [5.41, 5.74) is -0.0990. The van der Waals surface area contributed by atoms with E-state index in [-0.39, 0.29) is 17.6 Å². The van der Waals surface area contributed by atoms with Gasteiger partial charge in [-0.25, -0.2) is 0 Å². The van der Waals surface area contributed by atoms with E-state index >= 15 is 0 Å². The van der Waals surface area contributed by atoms with Gasteiger partial charge in [0.25, 0.3) is 0 Å². The van der Waals surface area contributed by atoms with Crippen LogP contribution in [0.4, 0.5) is 0 Å². The highest BCUT2D eigenvalue weighted by atomic mass is 35.5. The summed E-state index contributed by atoms with van der Waals surface area (Å²) in [4.78, 5) is 21.6. The van der Waals surface area contributed by atoms with Crippen LogP contribution in [-0.2, 0) is 14.3 Å². The summed E-state index contributed by atoms with van der Waals surface area (Å²) in [5, 5.41) is 0. The molecule has 0 fully saturated rings. The minimum Gasteiger partial charge on any atom is -0.434 e. The van der Waals surface area contributed by atoms with Crippen LogP contribution >= 0.6 is 11.6 Å². The van der Waals surface area contributed by atoms with Crippen LogP contribution in [0.15, 0.2) is 12.3 Å². The summed E-state index contributed by atoms with van der Waals surface area (Å²) in [5.74, 6) is -0.174. The molecule has 0 aliphatic carbocycles. The van der Waals surface area contributed by atoms with Crippen LogP contribution in [0.3, 0.4) is 0 Å². The van der Waals surface area contributed by atoms with E-state index in [9.17, 15) is 9.59 Å². The lowest BCUT2D eigenvalue weighted by Crippen LogP contribution is -2.09. The molecule has 0 bridgehead atoms. The fraction of sp³-hybridized carbons (Fsp3) is 0.636. The van der Waals surface area contributed by atoms with Crippen molar-refractivity contribution in [1.29, 1.82) is 0 Å². The van der Waals surface area contributed by atoms with Gasteiger partial charge in [0.15, 0.2) is 0 Å². The summed E-state index contributed by atoms with van der Waals surface area (Å²) in [6, 6.07) is 0. The van der Waals surface area contributed by atoms with Crippen molar-refractivity contribution in [3.8, 4) is 0 Å². The van der Waals surface area contributed by atoms with Gasteiger partial charge in [-0.05, 0) is 24.8 Å². The second-order valence-corrected chi connectivity index (χ2v) is 4.48. The number of allylic oxidation sites excluding steroid dienone is 1. The number of esters is 1. The van der Waals surface area contributed by atoms with Gasteiger partial charge in [0.2, 0.25) is 0 Å². The third-order valence-corrected chi connectivity index (χ3v) is 2.04. The molecule has 0 unspecified atom stereocenters. The first-order chi connectivity index (χ1) is 6.87. The summed E-state index contributed by atoms with van der Waals surface area (Å²) in [7, 11) is 0. The number of alkyl halides is 1. The lowest BCUT2D eigenvalue weighted by Gasteiger charge is -2.17. The van der Waals surface area contributed by atoms with Crippen molar-refractivity contribution >= 4 is 23.4 Å². The Kier molecular flexibility index (Phi) is 6.25. The molecule has 0 aromatic rings. The topological polar surface area (TPSA) is 43.4 Å². The van der Waals surface area contributed by atoms with Crippen molar-refractivity contribution in [2.75, 3.05) is 5.88 Å². The van der Waals surface area contributed by atoms with Crippen LogP contribution in [0.1, 0.15) is 33.6 Å². The monoisotopic (exact) mass is 232 g/mol. The van der Waals surface area contributed by atoms with Gasteiger partial charge in [0.1, 0.15) is 12.2 Å². The van der Waals surface area contributed by atoms with Gasteiger partial charge in [-0.15, -0.1) is 11.6 Å². The number of rotatable bonds is 6. The largest absolute Gasteiger partial charge is 0.434 e. The molecular formula is C11H17ClO3. The molecule has 0 amide bonds. The molecule has 3 nitrogen and oxygen atoms in total. The Morgan fingerprint density at radius 1 is 1.40 bits per heavy atom. The van der Waals surface area contributed by atoms with Gasteiger partial charge < -0.3 is 4.74 Å². The predicted octanol–water partition coefficient (Wildman–Crippen LogP) is 2.68. The molecule has 15 heavy (non-hydrogen) atoms. The Morgan fingerprint density at radius 3 is 2.47 bits per heavy atom. The minimum atomic E-state index is -0.527. The Morgan fingerprint density at radius 2 is 2.00 bits per heavy atom. The normalized spacial score (nSPS) is 11.7. The average molecular weight is 233 g/mol. The van der Waals surface area contributed by atoms with Crippen molar-refractivity contribution in [3.63, 3.8) is 0 Å². The van der Waals surface area contributed by atoms with Gasteiger partial charge >= 0.3 is 5.97 Å². The molecule has 0 saturated heterocycles. The van der Waals surface area contributed by atoms with E-state index in [1.54, 1.807) is 6.08 Å². The molecule has 0 spiro atoms. The molecule has 0 heterocycles. The van der Waals surface area contributed by atoms with Crippen molar-refractivity contribution in [2.45, 2.75) is 33.6 Å². The average Bonchev–Trinajstić information content (AvgIpc) is 2.01. The van der Waals surface area contributed by atoms with E-state index < -0.39 is 5.97 Å². The van der Waals surface area contributed by atoms with Crippen LogP contribution in [0.25, 0.3) is 0 Å². The van der Waals surface area contributed by atoms with Crippen molar-refractivity contribution in [1.82, 2.24) is 0 Å². The molecule has 0 saturated carbocycles. The van der Waals surface area contributed by atoms with E-state index in [1.165, 1.54) is 13.2 Å². The Bertz CT molecular complexity index is 257. The number of Topliss-reactive ketones (excluding diaryl/α,β-unsaturated/α-hetero) is 1. The van der Waals surface area contributed by atoms with E-state index in [2.05, 4.69) is 0 Å². The second kappa shape index (κ2) is 6.62. The summed E-state index contributed by atoms with van der Waals surface area (Å²) in [6.45, 7) is 5.33. The Balaban J connectivity index is 3.98. The van der Waals surface area contributed by atoms with Crippen LogP contribution < -0.4 is 0 Å². The zero-order valence-corrected chi connectivity index (χ0v) is 10.1. The van der Waals surface area contributed by atoms with Gasteiger partial charge in [-0.2, -0.15) is 0 Å². The van der Waals surface area contributed by atoms with Crippen LogP contribution in [-0.4, -0.2) is 17.6 Å². The highest BCUT2D eigenvalue weighted by Crippen LogP contribution is 2.22. The van der Waals surface area contributed by atoms with E-state index in [4.69, 9.17) is 16.3 Å². The molecule has 86 valence electrons. The number of ether oxygens (including phenoxy) is 1. The second-order valence-electron chi connectivity index (χ2n) is 4.10. The van der Waals surface area contributed by atoms with Gasteiger partial charge in [-0.3, -0.25) is 9.59 Å². The number of hydrogen-bond donors (Lipinski definition) is 0. The molecule has 0 aliphatic heterocycles. The van der Waals surface area contributed by atoms with Gasteiger partial charge in [0, 0.05) is 5.88 Å². The highest BCUT2D eigenvalue weighted by molar-refractivity contribution is 6.17. The summed E-state index contributed by atoms with van der Waals surface area (Å²) in [6.07, 6.45) is 3.72. The zero-order chi connectivity index (χ0) is 11.9. The van der Waals surface area contributed by atoms with Crippen LogP contribution in [0, 0.1) is 5.41 Å². The van der Waals surface area contributed by atoms with Gasteiger partial charge in [0.05, 0.1) is 6.26 Å². The standard InChI is InChI=1S/C11H17ClO3/c1-9(13)8-10(14)15-7-5-11(2,3)4-6-12/h5,7H,4,6,8H2,1-3H3. The maximum atomic E-state index is 11.0. The number of carbonyl (C=O) groups is 2.